The van der Waals surface area contributed by atoms with Crippen molar-refractivity contribution in [2.75, 3.05) is 20.2 Å². The first-order valence-electron chi connectivity index (χ1n) is 6.39. The molecule has 1 aromatic rings. The van der Waals surface area contributed by atoms with Crippen LogP contribution < -0.4 is 0 Å². The Hall–Kier alpha value is -2.09. The smallest absolute Gasteiger partial charge is 0.308 e. The summed E-state index contributed by atoms with van der Waals surface area (Å²) in [7, 11) is 1.57. The van der Waals surface area contributed by atoms with Crippen LogP contribution in [0.5, 0.6) is 0 Å². The molecule has 0 atom stereocenters. The second-order valence-corrected chi connectivity index (χ2v) is 4.77. The van der Waals surface area contributed by atoms with E-state index in [0.717, 1.165) is 0 Å². The maximum Gasteiger partial charge on any atom is 0.308 e. The summed E-state index contributed by atoms with van der Waals surface area (Å²) in [5.41, 5.74) is -1.65. The number of amides is 1. The van der Waals surface area contributed by atoms with Gasteiger partial charge >= 0.3 is 5.69 Å². The van der Waals surface area contributed by atoms with E-state index in [1.54, 1.807) is 7.11 Å². The zero-order chi connectivity index (χ0) is 15.6. The summed E-state index contributed by atoms with van der Waals surface area (Å²) in [4.78, 5) is 23.2. The van der Waals surface area contributed by atoms with Gasteiger partial charge in [0, 0.05) is 20.2 Å². The standard InChI is InChI=1S/C13H14F2N2O4/c1-21-9-2-4-16(5-3-9)13(18)10-6-8(14)7-11(12(10)15)17(19)20/h6-7,9H,2-5H2,1H3. The third kappa shape index (κ3) is 3.15. The van der Waals surface area contributed by atoms with Gasteiger partial charge in [-0.05, 0) is 18.9 Å². The monoisotopic (exact) mass is 300 g/mol. The first kappa shape index (κ1) is 15.3. The van der Waals surface area contributed by atoms with Gasteiger partial charge < -0.3 is 9.64 Å². The van der Waals surface area contributed by atoms with Crippen molar-refractivity contribution in [1.29, 1.82) is 0 Å². The molecule has 1 heterocycles. The van der Waals surface area contributed by atoms with Crippen LogP contribution >= 0.6 is 0 Å². The minimum Gasteiger partial charge on any atom is -0.381 e. The van der Waals surface area contributed by atoms with Crippen molar-refractivity contribution in [1.82, 2.24) is 4.90 Å². The van der Waals surface area contributed by atoms with E-state index in [0.29, 0.717) is 38.1 Å². The second kappa shape index (κ2) is 6.13. The number of nitro groups is 1. The van der Waals surface area contributed by atoms with Crippen LogP contribution in [0.15, 0.2) is 12.1 Å². The van der Waals surface area contributed by atoms with Crippen LogP contribution in [-0.4, -0.2) is 42.0 Å². The molecule has 1 aromatic carbocycles. The Morgan fingerprint density at radius 2 is 2.00 bits per heavy atom. The number of carbonyl (C=O) groups is 1. The van der Waals surface area contributed by atoms with Gasteiger partial charge in [0.15, 0.2) is 0 Å². The largest absolute Gasteiger partial charge is 0.381 e. The second-order valence-electron chi connectivity index (χ2n) is 4.77. The number of hydrogen-bond acceptors (Lipinski definition) is 4. The lowest BCUT2D eigenvalue weighted by molar-refractivity contribution is -0.387. The van der Waals surface area contributed by atoms with Crippen molar-refractivity contribution in [2.24, 2.45) is 0 Å². The van der Waals surface area contributed by atoms with Crippen molar-refractivity contribution in [3.05, 3.63) is 39.4 Å². The molecular weight excluding hydrogens is 286 g/mol. The van der Waals surface area contributed by atoms with Gasteiger partial charge in [-0.2, -0.15) is 4.39 Å². The number of rotatable bonds is 3. The molecule has 0 spiro atoms. The van der Waals surface area contributed by atoms with E-state index in [9.17, 15) is 23.7 Å². The van der Waals surface area contributed by atoms with Crippen molar-refractivity contribution in [2.45, 2.75) is 18.9 Å². The molecule has 114 valence electrons. The van der Waals surface area contributed by atoms with E-state index in [4.69, 9.17) is 4.74 Å². The predicted octanol–water partition coefficient (Wildman–Crippen LogP) is 2.12. The molecule has 0 aliphatic carbocycles. The van der Waals surface area contributed by atoms with E-state index in [-0.39, 0.29) is 6.10 Å². The number of hydrogen-bond donors (Lipinski definition) is 0. The molecule has 1 aliphatic heterocycles. The SMILES string of the molecule is COC1CCN(C(=O)c2cc(F)cc([N+](=O)[O-])c2F)CC1. The molecule has 21 heavy (non-hydrogen) atoms. The molecule has 0 aromatic heterocycles. The molecule has 0 N–H and O–H groups in total. The number of piperidine rings is 1. The Morgan fingerprint density at radius 1 is 1.38 bits per heavy atom. The minimum absolute atomic E-state index is 0.0285. The fraction of sp³-hybridized carbons (Fsp3) is 0.462. The van der Waals surface area contributed by atoms with Gasteiger partial charge in [0.2, 0.25) is 5.82 Å². The summed E-state index contributed by atoms with van der Waals surface area (Å²) in [6.45, 7) is 0.669. The average Bonchev–Trinajstić information content (AvgIpc) is 2.48. The first-order valence-corrected chi connectivity index (χ1v) is 6.39. The van der Waals surface area contributed by atoms with Gasteiger partial charge in [-0.3, -0.25) is 14.9 Å². The Kier molecular flexibility index (Phi) is 4.46. The lowest BCUT2D eigenvalue weighted by atomic mass is 10.1. The van der Waals surface area contributed by atoms with Gasteiger partial charge in [-0.1, -0.05) is 0 Å². The average molecular weight is 300 g/mol. The van der Waals surface area contributed by atoms with Gasteiger partial charge in [-0.15, -0.1) is 0 Å². The highest BCUT2D eigenvalue weighted by Crippen LogP contribution is 2.25. The number of likely N-dealkylation sites (tertiary alicyclic amines) is 1. The Bertz CT molecular complexity index is 572. The number of nitro benzene ring substituents is 1. The molecule has 0 unspecified atom stereocenters. The Labute approximate surface area is 119 Å². The summed E-state index contributed by atoms with van der Waals surface area (Å²) in [5, 5.41) is 10.7. The van der Waals surface area contributed by atoms with Crippen LogP contribution in [0.4, 0.5) is 14.5 Å². The molecular formula is C13H14F2N2O4. The van der Waals surface area contributed by atoms with Crippen molar-refractivity contribution >= 4 is 11.6 Å². The summed E-state index contributed by atoms with van der Waals surface area (Å²) in [6, 6.07) is 1.15. The molecule has 8 heteroatoms. The molecule has 0 saturated carbocycles. The van der Waals surface area contributed by atoms with Gasteiger partial charge in [0.25, 0.3) is 5.91 Å². The van der Waals surface area contributed by atoms with Crippen molar-refractivity contribution in [3.8, 4) is 0 Å². The number of carbonyl (C=O) groups excluding carboxylic acids is 1. The van der Waals surface area contributed by atoms with Crippen LogP contribution in [-0.2, 0) is 4.74 Å². The summed E-state index contributed by atoms with van der Waals surface area (Å²) >= 11 is 0. The lowest BCUT2D eigenvalue weighted by Gasteiger charge is -2.31. The zero-order valence-electron chi connectivity index (χ0n) is 11.3. The Balaban J connectivity index is 2.26. The molecule has 1 fully saturated rings. The number of benzene rings is 1. The van der Waals surface area contributed by atoms with E-state index in [2.05, 4.69) is 0 Å². The number of methoxy groups -OCH3 is 1. The maximum absolute atomic E-state index is 14.0. The lowest BCUT2D eigenvalue weighted by Crippen LogP contribution is -2.41. The molecule has 0 radical (unpaired) electrons. The summed E-state index contributed by atoms with van der Waals surface area (Å²) in [5.74, 6) is -3.07. The van der Waals surface area contributed by atoms with Gasteiger partial charge in [0.05, 0.1) is 22.7 Å². The molecule has 1 saturated heterocycles. The van der Waals surface area contributed by atoms with E-state index < -0.39 is 33.7 Å². The highest BCUT2D eigenvalue weighted by Gasteiger charge is 2.29. The highest BCUT2D eigenvalue weighted by atomic mass is 19.1. The molecule has 6 nitrogen and oxygen atoms in total. The van der Waals surface area contributed by atoms with E-state index >= 15 is 0 Å². The molecule has 1 aliphatic rings. The zero-order valence-corrected chi connectivity index (χ0v) is 11.3. The van der Waals surface area contributed by atoms with Crippen molar-refractivity contribution in [3.63, 3.8) is 0 Å². The van der Waals surface area contributed by atoms with Crippen molar-refractivity contribution < 1.29 is 23.2 Å². The number of ether oxygens (including phenoxy) is 1. The topological polar surface area (TPSA) is 72.7 Å². The predicted molar refractivity (Wildman–Crippen MR) is 68.9 cm³/mol. The molecule has 2 rings (SSSR count). The first-order chi connectivity index (χ1) is 9.93. The minimum atomic E-state index is -1.31. The fourth-order valence-electron chi connectivity index (χ4n) is 2.33. The summed E-state index contributed by atoms with van der Waals surface area (Å²) < 4.78 is 32.5. The molecule has 1 amide bonds. The van der Waals surface area contributed by atoms with Gasteiger partial charge in [0.1, 0.15) is 5.82 Å². The maximum atomic E-state index is 14.0. The van der Waals surface area contributed by atoms with Crippen LogP contribution in [0.1, 0.15) is 23.2 Å². The van der Waals surface area contributed by atoms with Crippen LogP contribution in [0.2, 0.25) is 0 Å². The van der Waals surface area contributed by atoms with E-state index in [1.807, 2.05) is 0 Å². The summed E-state index contributed by atoms with van der Waals surface area (Å²) in [6.07, 6.45) is 1.20. The molecule has 0 bridgehead atoms. The Morgan fingerprint density at radius 3 is 2.52 bits per heavy atom. The van der Waals surface area contributed by atoms with E-state index in [1.165, 1.54) is 4.90 Å². The quantitative estimate of drug-likeness (QED) is 0.633. The third-order valence-electron chi connectivity index (χ3n) is 3.51. The highest BCUT2D eigenvalue weighted by molar-refractivity contribution is 5.95. The van der Waals surface area contributed by atoms with Crippen LogP contribution in [0.3, 0.4) is 0 Å². The third-order valence-corrected chi connectivity index (χ3v) is 3.51. The normalized spacial score (nSPS) is 16.0. The number of nitrogens with zero attached hydrogens (tertiary/aromatic N) is 2. The number of halogens is 2. The van der Waals surface area contributed by atoms with Crippen LogP contribution in [0, 0.1) is 21.7 Å². The van der Waals surface area contributed by atoms with Gasteiger partial charge in [-0.25, -0.2) is 4.39 Å². The fourth-order valence-corrected chi connectivity index (χ4v) is 2.33. The van der Waals surface area contributed by atoms with Crippen LogP contribution in [0.25, 0.3) is 0 Å².